The zero-order chi connectivity index (χ0) is 14.1. The molecular formula is C17H26N2O2. The fourth-order valence-corrected chi connectivity index (χ4v) is 4.29. The smallest absolute Gasteiger partial charge is 0.0947 e. The van der Waals surface area contributed by atoms with Crippen LogP contribution in [0.1, 0.15) is 24.8 Å². The van der Waals surface area contributed by atoms with Gasteiger partial charge in [-0.15, -0.1) is 0 Å². The summed E-state index contributed by atoms with van der Waals surface area (Å²) in [4.78, 5) is 5.18. The third kappa shape index (κ3) is 3.03. The van der Waals surface area contributed by atoms with Crippen molar-refractivity contribution in [1.29, 1.82) is 0 Å². The number of rotatable bonds is 4. The van der Waals surface area contributed by atoms with Gasteiger partial charge in [-0.3, -0.25) is 4.90 Å². The number of hydrogen-bond acceptors (Lipinski definition) is 4. The molecule has 1 aromatic heterocycles. The summed E-state index contributed by atoms with van der Waals surface area (Å²) in [7, 11) is 0. The van der Waals surface area contributed by atoms with Gasteiger partial charge >= 0.3 is 0 Å². The number of nitrogens with zero attached hydrogens (tertiary/aromatic N) is 2. The highest BCUT2D eigenvalue weighted by Crippen LogP contribution is 2.35. The third-order valence-electron chi connectivity index (χ3n) is 5.52. The molecule has 0 N–H and O–H groups in total. The van der Waals surface area contributed by atoms with E-state index in [9.17, 15) is 0 Å². The van der Waals surface area contributed by atoms with Crippen molar-refractivity contribution in [3.05, 3.63) is 24.2 Å². The molecule has 0 radical (unpaired) electrons. The Morgan fingerprint density at radius 1 is 1.14 bits per heavy atom. The molecule has 3 saturated heterocycles. The van der Waals surface area contributed by atoms with E-state index in [1.807, 2.05) is 6.26 Å². The summed E-state index contributed by atoms with van der Waals surface area (Å²) in [6, 6.07) is 2.08. The first kappa shape index (κ1) is 13.8. The Labute approximate surface area is 127 Å². The maximum Gasteiger partial charge on any atom is 0.0947 e. The minimum atomic E-state index is 0.459. The number of likely N-dealkylation sites (tertiary alicyclic amines) is 2. The van der Waals surface area contributed by atoms with Crippen LogP contribution in [0.3, 0.4) is 0 Å². The van der Waals surface area contributed by atoms with Gasteiger partial charge in [-0.05, 0) is 50.9 Å². The van der Waals surface area contributed by atoms with Crippen LogP contribution >= 0.6 is 0 Å². The van der Waals surface area contributed by atoms with Gasteiger partial charge in [-0.25, -0.2) is 0 Å². The Morgan fingerprint density at radius 2 is 2.05 bits per heavy atom. The summed E-state index contributed by atoms with van der Waals surface area (Å²) in [5, 5.41) is 0. The number of furan rings is 1. The lowest BCUT2D eigenvalue weighted by molar-refractivity contribution is 0.0484. The van der Waals surface area contributed by atoms with Crippen molar-refractivity contribution >= 4 is 0 Å². The van der Waals surface area contributed by atoms with E-state index in [4.69, 9.17) is 9.15 Å². The van der Waals surface area contributed by atoms with Crippen molar-refractivity contribution in [1.82, 2.24) is 9.80 Å². The van der Waals surface area contributed by atoms with Crippen molar-refractivity contribution < 1.29 is 9.15 Å². The van der Waals surface area contributed by atoms with Gasteiger partial charge in [-0.1, -0.05) is 0 Å². The molecule has 4 heteroatoms. The minimum Gasteiger partial charge on any atom is -0.472 e. The summed E-state index contributed by atoms with van der Waals surface area (Å²) in [6.07, 6.45) is 8.13. The lowest BCUT2D eigenvalue weighted by Gasteiger charge is -2.36. The van der Waals surface area contributed by atoms with Crippen molar-refractivity contribution in [3.63, 3.8) is 0 Å². The van der Waals surface area contributed by atoms with Crippen LogP contribution in [0.4, 0.5) is 0 Å². The Morgan fingerprint density at radius 3 is 2.86 bits per heavy atom. The van der Waals surface area contributed by atoms with Crippen LogP contribution < -0.4 is 0 Å². The highest BCUT2D eigenvalue weighted by molar-refractivity contribution is 5.05. The molecule has 1 aromatic rings. The average molecular weight is 290 g/mol. The summed E-state index contributed by atoms with van der Waals surface area (Å²) in [5.41, 5.74) is 1.29. The summed E-state index contributed by atoms with van der Waals surface area (Å²) < 4.78 is 11.4. The number of hydrogen-bond donors (Lipinski definition) is 0. The Bertz CT molecular complexity index is 442. The molecule has 4 rings (SSSR count). The SMILES string of the molecule is c1cc(CN2CC[C@H]3CO[C@H](CN4CCCC4)[C@H]3C2)co1. The van der Waals surface area contributed by atoms with E-state index in [1.165, 1.54) is 51.0 Å². The molecule has 3 atom stereocenters. The summed E-state index contributed by atoms with van der Waals surface area (Å²) >= 11 is 0. The van der Waals surface area contributed by atoms with Crippen LogP contribution in [0.5, 0.6) is 0 Å². The standard InChI is InChI=1S/C17H26N2O2/c1-2-6-18(5-1)11-17-16-10-19(7-3-15(16)13-21-17)9-14-4-8-20-12-14/h4,8,12,15-17H,1-3,5-7,9-11,13H2/t15-,16-,17+/m0/s1. The van der Waals surface area contributed by atoms with Gasteiger partial charge in [-0.2, -0.15) is 0 Å². The van der Waals surface area contributed by atoms with Gasteiger partial charge in [0.1, 0.15) is 0 Å². The van der Waals surface area contributed by atoms with E-state index in [1.54, 1.807) is 6.26 Å². The second-order valence-corrected chi connectivity index (χ2v) is 6.96. The fourth-order valence-electron chi connectivity index (χ4n) is 4.29. The van der Waals surface area contributed by atoms with Gasteiger partial charge in [0, 0.05) is 31.1 Å². The lowest BCUT2D eigenvalue weighted by atomic mass is 9.84. The van der Waals surface area contributed by atoms with Crippen LogP contribution in [-0.2, 0) is 11.3 Å². The second-order valence-electron chi connectivity index (χ2n) is 6.96. The Kier molecular flexibility index (Phi) is 4.01. The topological polar surface area (TPSA) is 28.9 Å². The van der Waals surface area contributed by atoms with E-state index in [0.717, 1.165) is 31.5 Å². The lowest BCUT2D eigenvalue weighted by Crippen LogP contribution is -2.44. The fraction of sp³-hybridized carbons (Fsp3) is 0.765. The van der Waals surface area contributed by atoms with Crippen molar-refractivity contribution in [2.45, 2.75) is 31.9 Å². The maximum absolute atomic E-state index is 6.16. The zero-order valence-electron chi connectivity index (χ0n) is 12.7. The molecule has 0 spiro atoms. The monoisotopic (exact) mass is 290 g/mol. The molecule has 4 heterocycles. The normalized spacial score (nSPS) is 34.4. The number of ether oxygens (including phenoxy) is 1. The van der Waals surface area contributed by atoms with Crippen LogP contribution in [0.15, 0.2) is 23.0 Å². The quantitative estimate of drug-likeness (QED) is 0.850. The van der Waals surface area contributed by atoms with Crippen molar-refractivity contribution in [2.75, 3.05) is 39.3 Å². The maximum atomic E-state index is 6.16. The first-order valence-corrected chi connectivity index (χ1v) is 8.46. The molecule has 0 aromatic carbocycles. The van der Waals surface area contributed by atoms with Gasteiger partial charge in [0.05, 0.1) is 25.2 Å². The number of fused-ring (bicyclic) bond motifs is 1. The third-order valence-corrected chi connectivity index (χ3v) is 5.52. The molecular weight excluding hydrogens is 264 g/mol. The summed E-state index contributed by atoms with van der Waals surface area (Å²) in [6.45, 7) is 8.10. The molecule has 0 bridgehead atoms. The number of piperidine rings is 1. The molecule has 0 unspecified atom stereocenters. The van der Waals surface area contributed by atoms with Gasteiger partial charge in [0.25, 0.3) is 0 Å². The van der Waals surface area contributed by atoms with Gasteiger partial charge in [0.2, 0.25) is 0 Å². The molecule has 3 aliphatic rings. The Balaban J connectivity index is 1.36. The predicted octanol–water partition coefficient (Wildman–Crippen LogP) is 2.21. The largest absolute Gasteiger partial charge is 0.472 e. The molecule has 21 heavy (non-hydrogen) atoms. The molecule has 0 amide bonds. The molecule has 3 fully saturated rings. The average Bonchev–Trinajstić information content (AvgIpc) is 3.22. The van der Waals surface area contributed by atoms with Gasteiger partial charge in [0.15, 0.2) is 0 Å². The Hall–Kier alpha value is -0.840. The highest BCUT2D eigenvalue weighted by Gasteiger charge is 2.41. The first-order valence-electron chi connectivity index (χ1n) is 8.46. The first-order chi connectivity index (χ1) is 10.4. The molecule has 3 aliphatic heterocycles. The van der Waals surface area contributed by atoms with E-state index >= 15 is 0 Å². The van der Waals surface area contributed by atoms with E-state index < -0.39 is 0 Å². The minimum absolute atomic E-state index is 0.459. The van der Waals surface area contributed by atoms with E-state index in [-0.39, 0.29) is 0 Å². The second kappa shape index (κ2) is 6.11. The molecule has 0 aliphatic carbocycles. The van der Waals surface area contributed by atoms with E-state index in [2.05, 4.69) is 15.9 Å². The van der Waals surface area contributed by atoms with Crippen LogP contribution in [0, 0.1) is 11.8 Å². The molecule has 116 valence electrons. The van der Waals surface area contributed by atoms with Crippen LogP contribution in [-0.4, -0.2) is 55.2 Å². The van der Waals surface area contributed by atoms with Crippen LogP contribution in [0.25, 0.3) is 0 Å². The van der Waals surface area contributed by atoms with Gasteiger partial charge < -0.3 is 14.1 Å². The predicted molar refractivity (Wildman–Crippen MR) is 81.0 cm³/mol. The highest BCUT2D eigenvalue weighted by atomic mass is 16.5. The van der Waals surface area contributed by atoms with E-state index in [0.29, 0.717) is 6.10 Å². The van der Waals surface area contributed by atoms with Crippen LogP contribution in [0.2, 0.25) is 0 Å². The summed E-state index contributed by atoms with van der Waals surface area (Å²) in [5.74, 6) is 1.52. The molecule has 4 nitrogen and oxygen atoms in total. The van der Waals surface area contributed by atoms with Crippen molar-refractivity contribution in [3.8, 4) is 0 Å². The molecule has 0 saturated carbocycles. The zero-order valence-corrected chi connectivity index (χ0v) is 12.7. The van der Waals surface area contributed by atoms with Crippen molar-refractivity contribution in [2.24, 2.45) is 11.8 Å².